The van der Waals surface area contributed by atoms with Crippen molar-refractivity contribution in [3.8, 4) is 11.5 Å². The number of oxazole rings is 1. The molecular weight excluding hydrogens is 553 g/mol. The van der Waals surface area contributed by atoms with Crippen LogP contribution in [0.1, 0.15) is 40.8 Å². The minimum atomic E-state index is -1.77. The fraction of sp³-hybridized carbons (Fsp3) is 0.300. The molecule has 1 saturated heterocycles. The van der Waals surface area contributed by atoms with E-state index in [1.807, 2.05) is 30.3 Å². The van der Waals surface area contributed by atoms with Crippen LogP contribution in [0.3, 0.4) is 0 Å². The number of benzene rings is 2. The van der Waals surface area contributed by atoms with Gasteiger partial charge in [0.05, 0.1) is 13.1 Å². The molecule has 2 aliphatic rings. The highest BCUT2D eigenvalue weighted by Gasteiger charge is 2.50. The predicted molar refractivity (Wildman–Crippen MR) is 154 cm³/mol. The number of carbonyl (C=O) groups is 2. The van der Waals surface area contributed by atoms with Crippen molar-refractivity contribution >= 4 is 28.6 Å². The molecule has 0 spiro atoms. The number of anilines is 1. The Morgan fingerprint density at radius 1 is 1.02 bits per heavy atom. The number of nitrogens with one attached hydrogen (secondary N) is 1. The third-order valence-electron chi connectivity index (χ3n) is 7.82. The van der Waals surface area contributed by atoms with E-state index in [2.05, 4.69) is 35.6 Å². The number of carbonyl (C=O) groups excluding carboxylic acids is 2. The first kappa shape index (κ1) is 26.8. The molecule has 0 radical (unpaired) electrons. The summed E-state index contributed by atoms with van der Waals surface area (Å²) in [5.41, 5.74) is 1.62. The van der Waals surface area contributed by atoms with Gasteiger partial charge in [-0.3, -0.25) is 19.5 Å². The molecule has 2 amide bonds. The number of aromatic nitrogens is 6. The van der Waals surface area contributed by atoms with Crippen molar-refractivity contribution in [2.24, 2.45) is 7.05 Å². The standard InChI is InChI=1S/C30H28FN9O3/c1-38-36-26(35-37-38)25(19-5-3-2-4-6-19)39-13-15-40(16-14-39)28(41)23-17-20(9-12-32-23)27-34-22-18-21(7-8-24(22)43-27)33-29(42)30(31)10-11-30/h2-9,12,17-18,25H,10-11,13-16H2,1H3,(H,33,42)/t25-/m1/s1. The Morgan fingerprint density at radius 3 is 2.53 bits per heavy atom. The molecule has 13 heteroatoms. The SMILES string of the molecule is Cn1nnc([C@@H](c2ccccc2)N2CCN(C(=O)c3cc(-c4nc5cc(NC(=O)C6(F)CC6)ccc5o4)ccn3)CC2)n1. The van der Waals surface area contributed by atoms with Crippen LogP contribution in [0.5, 0.6) is 0 Å². The van der Waals surface area contributed by atoms with Crippen LogP contribution in [0.25, 0.3) is 22.6 Å². The Balaban J connectivity index is 1.05. The number of halogens is 1. The maximum Gasteiger partial charge on any atom is 0.272 e. The number of fused-ring (bicyclic) bond motifs is 1. The second-order valence-corrected chi connectivity index (χ2v) is 10.8. The van der Waals surface area contributed by atoms with Crippen molar-refractivity contribution in [1.29, 1.82) is 0 Å². The first-order chi connectivity index (χ1) is 20.9. The Hall–Kier alpha value is -5.04. The van der Waals surface area contributed by atoms with Crippen molar-refractivity contribution in [3.05, 3.63) is 83.9 Å². The average molecular weight is 582 g/mol. The highest BCUT2D eigenvalue weighted by molar-refractivity contribution is 6.00. The third-order valence-corrected chi connectivity index (χ3v) is 7.82. The smallest absolute Gasteiger partial charge is 0.272 e. The molecule has 2 aromatic carbocycles. The van der Waals surface area contributed by atoms with Gasteiger partial charge in [-0.15, -0.1) is 10.2 Å². The molecule has 5 aromatic rings. The van der Waals surface area contributed by atoms with Crippen LogP contribution < -0.4 is 5.32 Å². The molecule has 1 aliphatic carbocycles. The summed E-state index contributed by atoms with van der Waals surface area (Å²) in [5, 5.41) is 15.4. The van der Waals surface area contributed by atoms with Crippen molar-refractivity contribution in [3.63, 3.8) is 0 Å². The number of amides is 2. The van der Waals surface area contributed by atoms with Crippen molar-refractivity contribution in [1.82, 2.24) is 40.0 Å². The van der Waals surface area contributed by atoms with Crippen LogP contribution in [-0.2, 0) is 11.8 Å². The summed E-state index contributed by atoms with van der Waals surface area (Å²) in [7, 11) is 1.74. The zero-order chi connectivity index (χ0) is 29.6. The fourth-order valence-corrected chi connectivity index (χ4v) is 5.30. The van der Waals surface area contributed by atoms with Crippen molar-refractivity contribution < 1.29 is 18.4 Å². The van der Waals surface area contributed by atoms with Gasteiger partial charge in [0.25, 0.3) is 11.8 Å². The predicted octanol–water partition coefficient (Wildman–Crippen LogP) is 3.40. The van der Waals surface area contributed by atoms with E-state index in [1.54, 1.807) is 48.5 Å². The number of tetrazole rings is 1. The Bertz CT molecular complexity index is 1810. The lowest BCUT2D eigenvalue weighted by Crippen LogP contribution is -2.50. The number of piperazine rings is 1. The van der Waals surface area contributed by atoms with Gasteiger partial charge in [-0.05, 0) is 54.0 Å². The number of pyridine rings is 1. The van der Waals surface area contributed by atoms with Crippen LogP contribution in [-0.4, -0.2) is 83.6 Å². The minimum absolute atomic E-state index is 0.173. The maximum absolute atomic E-state index is 14.1. The van der Waals surface area contributed by atoms with Crippen LogP contribution in [0.2, 0.25) is 0 Å². The van der Waals surface area contributed by atoms with Crippen LogP contribution >= 0.6 is 0 Å². The normalized spacial score (nSPS) is 17.1. The van der Waals surface area contributed by atoms with Gasteiger partial charge in [0.1, 0.15) is 11.2 Å². The van der Waals surface area contributed by atoms with E-state index in [-0.39, 0.29) is 30.5 Å². The fourth-order valence-electron chi connectivity index (χ4n) is 5.30. The first-order valence-electron chi connectivity index (χ1n) is 14.1. The summed E-state index contributed by atoms with van der Waals surface area (Å²) >= 11 is 0. The van der Waals surface area contributed by atoms with Gasteiger partial charge in [-0.2, -0.15) is 4.80 Å². The number of nitrogens with zero attached hydrogens (tertiary/aromatic N) is 8. The van der Waals surface area contributed by atoms with Crippen LogP contribution in [0.4, 0.5) is 10.1 Å². The van der Waals surface area contributed by atoms with Crippen LogP contribution in [0, 0.1) is 0 Å². The average Bonchev–Trinajstić information content (AvgIpc) is 3.43. The highest BCUT2D eigenvalue weighted by Crippen LogP contribution is 2.41. The van der Waals surface area contributed by atoms with Gasteiger partial charge in [-0.25, -0.2) is 9.37 Å². The highest BCUT2D eigenvalue weighted by atomic mass is 19.1. The number of hydrogen-bond donors (Lipinski definition) is 1. The van der Waals surface area contributed by atoms with Gasteiger partial charge >= 0.3 is 0 Å². The molecule has 218 valence electrons. The number of hydrogen-bond acceptors (Lipinski definition) is 9. The summed E-state index contributed by atoms with van der Waals surface area (Å²) in [4.78, 5) is 39.9. The molecule has 1 atom stereocenters. The number of aryl methyl sites for hydroxylation is 1. The summed E-state index contributed by atoms with van der Waals surface area (Å²) in [6.07, 6.45) is 2.03. The zero-order valence-corrected chi connectivity index (χ0v) is 23.4. The quantitative estimate of drug-likeness (QED) is 0.307. The molecule has 12 nitrogen and oxygen atoms in total. The van der Waals surface area contributed by atoms with Crippen LogP contribution in [0.15, 0.2) is 71.3 Å². The Morgan fingerprint density at radius 2 is 1.81 bits per heavy atom. The summed E-state index contributed by atoms with van der Waals surface area (Å²) in [6.45, 7) is 2.26. The minimum Gasteiger partial charge on any atom is -0.436 e. The summed E-state index contributed by atoms with van der Waals surface area (Å²) < 4.78 is 20.0. The van der Waals surface area contributed by atoms with Crippen molar-refractivity contribution in [2.45, 2.75) is 24.6 Å². The van der Waals surface area contributed by atoms with E-state index >= 15 is 0 Å². The van der Waals surface area contributed by atoms with Gasteiger partial charge in [0.15, 0.2) is 17.1 Å². The van der Waals surface area contributed by atoms with E-state index < -0.39 is 11.6 Å². The Kier molecular flexibility index (Phi) is 6.65. The largest absolute Gasteiger partial charge is 0.436 e. The second-order valence-electron chi connectivity index (χ2n) is 10.8. The van der Waals surface area contributed by atoms with Gasteiger partial charge in [0, 0.05) is 43.6 Å². The summed E-state index contributed by atoms with van der Waals surface area (Å²) in [6, 6.07) is 18.2. The number of alkyl halides is 1. The summed E-state index contributed by atoms with van der Waals surface area (Å²) in [5.74, 6) is 0.0995. The third kappa shape index (κ3) is 5.34. The molecule has 0 unspecified atom stereocenters. The molecule has 4 heterocycles. The topological polar surface area (TPSA) is 135 Å². The molecule has 0 bridgehead atoms. The first-order valence-corrected chi connectivity index (χ1v) is 14.1. The van der Waals surface area contributed by atoms with E-state index in [0.29, 0.717) is 60.2 Å². The number of rotatable bonds is 7. The molecule has 1 aliphatic heterocycles. The van der Waals surface area contributed by atoms with Gasteiger partial charge in [-0.1, -0.05) is 30.3 Å². The lowest BCUT2D eigenvalue weighted by molar-refractivity contribution is -0.122. The molecule has 2 fully saturated rings. The molecule has 1 N–H and O–H groups in total. The van der Waals surface area contributed by atoms with E-state index in [0.717, 1.165) is 5.56 Å². The van der Waals surface area contributed by atoms with E-state index in [9.17, 15) is 14.0 Å². The second kappa shape index (κ2) is 10.7. The molecule has 3 aromatic heterocycles. The van der Waals surface area contributed by atoms with E-state index in [1.165, 1.54) is 4.80 Å². The molecule has 43 heavy (non-hydrogen) atoms. The lowest BCUT2D eigenvalue weighted by atomic mass is 10.0. The Labute approximate surface area is 245 Å². The molecule has 1 saturated carbocycles. The van der Waals surface area contributed by atoms with Gasteiger partial charge in [0.2, 0.25) is 5.89 Å². The van der Waals surface area contributed by atoms with Crippen molar-refractivity contribution in [2.75, 3.05) is 31.5 Å². The lowest BCUT2D eigenvalue weighted by Gasteiger charge is -2.38. The zero-order valence-electron chi connectivity index (χ0n) is 23.4. The molecule has 7 rings (SSSR count). The maximum atomic E-state index is 14.1. The monoisotopic (exact) mass is 581 g/mol. The molecular formula is C30H28FN9O3. The van der Waals surface area contributed by atoms with E-state index in [4.69, 9.17) is 4.42 Å². The van der Waals surface area contributed by atoms with Gasteiger partial charge < -0.3 is 14.6 Å².